The highest BCUT2D eigenvalue weighted by Gasteiger charge is 2.25. The zero-order valence-corrected chi connectivity index (χ0v) is 19.1. The molecule has 0 saturated heterocycles. The minimum absolute atomic E-state index is 0.0428. The molecule has 0 unspecified atom stereocenters. The van der Waals surface area contributed by atoms with Crippen molar-refractivity contribution in [2.75, 3.05) is 7.11 Å². The summed E-state index contributed by atoms with van der Waals surface area (Å²) in [6.07, 6.45) is -0.0466. The molecule has 0 aliphatic rings. The minimum Gasteiger partial charge on any atom is -0.494 e. The lowest BCUT2D eigenvalue weighted by Crippen LogP contribution is -2.25. The van der Waals surface area contributed by atoms with E-state index in [1.54, 1.807) is 52.0 Å². The highest BCUT2D eigenvalue weighted by Crippen LogP contribution is 2.33. The molecule has 158 valence electrons. The molecule has 5 nitrogen and oxygen atoms in total. The molecule has 0 N–H and O–H groups in total. The van der Waals surface area contributed by atoms with Gasteiger partial charge in [-0.1, -0.05) is 15.9 Å². The first-order valence-corrected chi connectivity index (χ1v) is 10.2. The summed E-state index contributed by atoms with van der Waals surface area (Å²) < 4.78 is 27.3. The lowest BCUT2D eigenvalue weighted by Gasteiger charge is -2.19. The van der Waals surface area contributed by atoms with Crippen molar-refractivity contribution in [3.8, 4) is 5.75 Å². The van der Waals surface area contributed by atoms with Crippen molar-refractivity contribution in [2.24, 2.45) is 0 Å². The van der Waals surface area contributed by atoms with Crippen LogP contribution in [0, 0.1) is 12.7 Å². The van der Waals surface area contributed by atoms with Crippen LogP contribution >= 0.6 is 15.9 Å². The van der Waals surface area contributed by atoms with Crippen molar-refractivity contribution in [3.05, 3.63) is 63.5 Å². The largest absolute Gasteiger partial charge is 0.494 e. The number of methoxy groups -OCH3 is 1. The Labute approximate surface area is 182 Å². The molecular weight excluding hydrogens is 453 g/mol. The van der Waals surface area contributed by atoms with Crippen molar-refractivity contribution >= 4 is 38.7 Å². The van der Waals surface area contributed by atoms with Crippen LogP contribution in [-0.2, 0) is 16.0 Å². The molecule has 0 spiro atoms. The van der Waals surface area contributed by atoms with Gasteiger partial charge in [0.05, 0.1) is 19.0 Å². The Bertz CT molecular complexity index is 1130. The van der Waals surface area contributed by atoms with Crippen molar-refractivity contribution in [3.63, 3.8) is 0 Å². The third-order valence-electron chi connectivity index (χ3n) is 4.64. The Morgan fingerprint density at radius 2 is 1.77 bits per heavy atom. The smallest absolute Gasteiger partial charge is 0.310 e. The summed E-state index contributed by atoms with van der Waals surface area (Å²) in [6.45, 7) is 7.10. The van der Waals surface area contributed by atoms with Gasteiger partial charge in [-0.25, -0.2) is 4.39 Å². The molecular formula is C23H23BrFNO4. The second-order valence-corrected chi connectivity index (χ2v) is 8.89. The molecule has 0 saturated carbocycles. The molecule has 3 rings (SSSR count). The summed E-state index contributed by atoms with van der Waals surface area (Å²) >= 11 is 3.35. The van der Waals surface area contributed by atoms with Gasteiger partial charge in [-0.05, 0) is 63.6 Å². The zero-order chi connectivity index (χ0) is 22.2. The number of carbonyl (C=O) groups excluding carboxylic acids is 2. The van der Waals surface area contributed by atoms with Gasteiger partial charge in [0, 0.05) is 27.2 Å². The number of ether oxygens (including phenoxy) is 2. The topological polar surface area (TPSA) is 57.5 Å². The van der Waals surface area contributed by atoms with Crippen molar-refractivity contribution in [1.82, 2.24) is 4.57 Å². The van der Waals surface area contributed by atoms with Crippen LogP contribution in [0.3, 0.4) is 0 Å². The lowest BCUT2D eigenvalue weighted by molar-refractivity contribution is -0.153. The van der Waals surface area contributed by atoms with E-state index in [1.165, 1.54) is 23.8 Å². The van der Waals surface area contributed by atoms with Crippen LogP contribution in [0.5, 0.6) is 5.75 Å². The van der Waals surface area contributed by atoms with E-state index >= 15 is 0 Å². The molecule has 0 amide bonds. The van der Waals surface area contributed by atoms with Gasteiger partial charge in [-0.3, -0.25) is 14.2 Å². The standard InChI is InChI=1S/C23H23BrFNO4/c1-13-16(11-21(27)30-23(2,3)4)17-10-20(29-5)18(25)12-19(17)26(13)22(28)14-6-8-15(24)9-7-14/h6-10,12H,11H2,1-5H3. The molecule has 0 aliphatic carbocycles. The average molecular weight is 476 g/mol. The van der Waals surface area contributed by atoms with Crippen LogP contribution in [0.1, 0.15) is 42.4 Å². The van der Waals surface area contributed by atoms with Crippen molar-refractivity contribution in [2.45, 2.75) is 39.7 Å². The van der Waals surface area contributed by atoms with Gasteiger partial charge in [0.15, 0.2) is 11.6 Å². The third-order valence-corrected chi connectivity index (χ3v) is 5.17. The second-order valence-electron chi connectivity index (χ2n) is 7.98. The Morgan fingerprint density at radius 3 is 2.33 bits per heavy atom. The van der Waals surface area contributed by atoms with Gasteiger partial charge >= 0.3 is 5.97 Å². The van der Waals surface area contributed by atoms with Crippen molar-refractivity contribution in [1.29, 1.82) is 0 Å². The quantitative estimate of drug-likeness (QED) is 0.471. The number of esters is 1. The summed E-state index contributed by atoms with van der Waals surface area (Å²) in [5.74, 6) is -1.29. The first-order chi connectivity index (χ1) is 14.0. The predicted octanol–water partition coefficient (Wildman–Crippen LogP) is 5.43. The van der Waals surface area contributed by atoms with E-state index < -0.39 is 17.4 Å². The van der Waals surface area contributed by atoms with Crippen LogP contribution in [-0.4, -0.2) is 29.2 Å². The summed E-state index contributed by atoms with van der Waals surface area (Å²) in [6, 6.07) is 9.68. The van der Waals surface area contributed by atoms with Crippen molar-refractivity contribution < 1.29 is 23.5 Å². The van der Waals surface area contributed by atoms with Crippen LogP contribution in [0.4, 0.5) is 4.39 Å². The van der Waals surface area contributed by atoms with Gasteiger partial charge in [-0.2, -0.15) is 0 Å². The van der Waals surface area contributed by atoms with Crippen LogP contribution in [0.15, 0.2) is 40.9 Å². The Kier molecular flexibility index (Phi) is 6.04. The van der Waals surface area contributed by atoms with E-state index in [-0.39, 0.29) is 18.1 Å². The molecule has 30 heavy (non-hydrogen) atoms. The fraction of sp³-hybridized carbons (Fsp3) is 0.304. The Hall–Kier alpha value is -2.67. The number of nitrogens with zero attached hydrogens (tertiary/aromatic N) is 1. The number of carbonyl (C=O) groups is 2. The van der Waals surface area contributed by atoms with Crippen LogP contribution in [0.25, 0.3) is 10.9 Å². The van der Waals surface area contributed by atoms with Crippen LogP contribution < -0.4 is 4.74 Å². The molecule has 1 aromatic heterocycles. The summed E-state index contributed by atoms with van der Waals surface area (Å²) in [5, 5.41) is 0.571. The fourth-order valence-electron chi connectivity index (χ4n) is 3.36. The summed E-state index contributed by atoms with van der Waals surface area (Å²) in [5.41, 5.74) is 1.33. The molecule has 0 aliphatic heterocycles. The normalized spacial score (nSPS) is 11.6. The number of aromatic nitrogens is 1. The maximum atomic E-state index is 14.5. The molecule has 0 radical (unpaired) electrons. The number of benzene rings is 2. The molecule has 2 aromatic carbocycles. The van der Waals surface area contributed by atoms with E-state index in [1.807, 2.05) is 0 Å². The maximum Gasteiger partial charge on any atom is 0.310 e. The Balaban J connectivity index is 2.18. The molecule has 0 fully saturated rings. The van der Waals surface area contributed by atoms with Gasteiger partial charge in [0.25, 0.3) is 5.91 Å². The number of rotatable bonds is 4. The lowest BCUT2D eigenvalue weighted by atomic mass is 10.1. The summed E-state index contributed by atoms with van der Waals surface area (Å²) in [7, 11) is 1.37. The average Bonchev–Trinajstić information content (AvgIpc) is 2.90. The van der Waals surface area contributed by atoms with Crippen LogP contribution in [0.2, 0.25) is 0 Å². The van der Waals surface area contributed by atoms with E-state index in [2.05, 4.69) is 15.9 Å². The monoisotopic (exact) mass is 475 g/mol. The SMILES string of the molecule is COc1cc2c(CC(=O)OC(C)(C)C)c(C)n(C(=O)c3ccc(Br)cc3)c2cc1F. The van der Waals surface area contributed by atoms with Gasteiger partial charge in [-0.15, -0.1) is 0 Å². The van der Waals surface area contributed by atoms with E-state index in [4.69, 9.17) is 9.47 Å². The number of fused-ring (bicyclic) bond motifs is 1. The molecule has 1 heterocycles. The molecule has 7 heteroatoms. The minimum atomic E-state index is -0.638. The maximum absolute atomic E-state index is 14.5. The first kappa shape index (κ1) is 22.0. The van der Waals surface area contributed by atoms with Gasteiger partial charge in [0.1, 0.15) is 5.60 Å². The Morgan fingerprint density at radius 1 is 1.13 bits per heavy atom. The number of hydrogen-bond donors (Lipinski definition) is 0. The van der Waals surface area contributed by atoms with E-state index in [9.17, 15) is 14.0 Å². The molecule has 3 aromatic rings. The number of halogens is 2. The molecule has 0 atom stereocenters. The van der Waals surface area contributed by atoms with E-state index in [0.29, 0.717) is 27.7 Å². The van der Waals surface area contributed by atoms with Gasteiger partial charge < -0.3 is 9.47 Å². The molecule has 0 bridgehead atoms. The van der Waals surface area contributed by atoms with Gasteiger partial charge in [0.2, 0.25) is 0 Å². The number of hydrogen-bond acceptors (Lipinski definition) is 4. The predicted molar refractivity (Wildman–Crippen MR) is 117 cm³/mol. The second kappa shape index (κ2) is 8.22. The fourth-order valence-corrected chi connectivity index (χ4v) is 3.63. The zero-order valence-electron chi connectivity index (χ0n) is 17.5. The summed E-state index contributed by atoms with van der Waals surface area (Å²) in [4.78, 5) is 25.8. The highest BCUT2D eigenvalue weighted by atomic mass is 79.9. The highest BCUT2D eigenvalue weighted by molar-refractivity contribution is 9.10. The van der Waals surface area contributed by atoms with E-state index in [0.717, 1.165) is 4.47 Å². The first-order valence-electron chi connectivity index (χ1n) is 9.41. The third kappa shape index (κ3) is 4.41.